The molecule has 0 heterocycles. The third kappa shape index (κ3) is 5.07. The molecule has 0 aliphatic heterocycles. The fourth-order valence-electron chi connectivity index (χ4n) is 4.00. The predicted octanol–water partition coefficient (Wildman–Crippen LogP) is 3.84. The number of methoxy groups -OCH3 is 1. The summed E-state index contributed by atoms with van der Waals surface area (Å²) in [5.41, 5.74) is 1.48. The monoisotopic (exact) mass is 345 g/mol. The minimum atomic E-state index is -0.331. The van der Waals surface area contributed by atoms with Crippen LogP contribution in [0.2, 0.25) is 0 Å². The van der Waals surface area contributed by atoms with E-state index >= 15 is 0 Å². The van der Waals surface area contributed by atoms with E-state index in [2.05, 4.69) is 26.1 Å². The molecule has 3 atom stereocenters. The molecular formula is C21H31NO3. The van der Waals surface area contributed by atoms with E-state index in [0.717, 1.165) is 18.4 Å². The lowest BCUT2D eigenvalue weighted by atomic mass is 9.70. The van der Waals surface area contributed by atoms with E-state index in [-0.39, 0.29) is 17.8 Å². The Morgan fingerprint density at radius 3 is 2.64 bits per heavy atom. The summed E-state index contributed by atoms with van der Waals surface area (Å²) in [5, 5.41) is 3.10. The zero-order valence-electron chi connectivity index (χ0n) is 15.9. The predicted molar refractivity (Wildman–Crippen MR) is 99.3 cm³/mol. The summed E-state index contributed by atoms with van der Waals surface area (Å²) in [4.78, 5) is 24.5. The minimum Gasteiger partial charge on any atom is -0.465 e. The van der Waals surface area contributed by atoms with Crippen molar-refractivity contribution in [1.82, 2.24) is 5.32 Å². The fourth-order valence-corrected chi connectivity index (χ4v) is 4.00. The molecule has 25 heavy (non-hydrogen) atoms. The van der Waals surface area contributed by atoms with E-state index in [0.29, 0.717) is 36.3 Å². The van der Waals surface area contributed by atoms with Crippen LogP contribution in [0.5, 0.6) is 0 Å². The first-order valence-electron chi connectivity index (χ1n) is 9.38. The number of ether oxygens (including phenoxy) is 1. The highest BCUT2D eigenvalue weighted by molar-refractivity contribution is 5.91. The standard InChI is InChI=1S/C21H31NO3/c1-14(2)17-10-9-15(3)13-19(17)20(23)22-12-11-16-7-5-6-8-18(16)21(24)25-4/h5-8,14-15,17,19H,9-13H2,1-4H3,(H,22,23)/t15?,17-,19+/m0/s1. The van der Waals surface area contributed by atoms with Crippen LogP contribution in [-0.4, -0.2) is 25.5 Å². The molecule has 1 aromatic rings. The van der Waals surface area contributed by atoms with E-state index in [4.69, 9.17) is 4.74 Å². The van der Waals surface area contributed by atoms with Gasteiger partial charge in [0.15, 0.2) is 0 Å². The Morgan fingerprint density at radius 2 is 1.96 bits per heavy atom. The van der Waals surface area contributed by atoms with Gasteiger partial charge in [-0.2, -0.15) is 0 Å². The summed E-state index contributed by atoms with van der Waals surface area (Å²) in [5.74, 6) is 1.57. The van der Waals surface area contributed by atoms with Gasteiger partial charge in [0.1, 0.15) is 0 Å². The van der Waals surface area contributed by atoms with Crippen molar-refractivity contribution in [2.75, 3.05) is 13.7 Å². The van der Waals surface area contributed by atoms with Crippen molar-refractivity contribution in [2.45, 2.75) is 46.5 Å². The molecule has 1 N–H and O–H groups in total. The van der Waals surface area contributed by atoms with Gasteiger partial charge in [-0.05, 0) is 48.6 Å². The number of rotatable bonds is 6. The van der Waals surface area contributed by atoms with Gasteiger partial charge in [0.05, 0.1) is 12.7 Å². The molecular weight excluding hydrogens is 314 g/mol. The van der Waals surface area contributed by atoms with Crippen LogP contribution in [0.4, 0.5) is 0 Å². The quantitative estimate of drug-likeness (QED) is 0.797. The second-order valence-corrected chi connectivity index (χ2v) is 7.62. The molecule has 0 aromatic heterocycles. The maximum atomic E-state index is 12.7. The first kappa shape index (κ1) is 19.5. The van der Waals surface area contributed by atoms with Crippen molar-refractivity contribution < 1.29 is 14.3 Å². The molecule has 1 amide bonds. The molecule has 2 rings (SSSR count). The highest BCUT2D eigenvalue weighted by Crippen LogP contribution is 2.38. The van der Waals surface area contributed by atoms with Gasteiger partial charge in [0.2, 0.25) is 5.91 Å². The molecule has 0 bridgehead atoms. The number of nitrogens with one attached hydrogen (secondary N) is 1. The Balaban J connectivity index is 1.95. The number of carbonyl (C=O) groups is 2. The SMILES string of the molecule is COC(=O)c1ccccc1CCNC(=O)[C@@H]1CC(C)CC[C@H]1C(C)C. The van der Waals surface area contributed by atoms with Gasteiger partial charge in [0, 0.05) is 12.5 Å². The Kier molecular flexibility index (Phi) is 7.03. The largest absolute Gasteiger partial charge is 0.465 e. The molecule has 0 saturated heterocycles. The Bertz CT molecular complexity index is 597. The maximum Gasteiger partial charge on any atom is 0.338 e. The summed E-state index contributed by atoms with van der Waals surface area (Å²) in [6.07, 6.45) is 3.97. The smallest absolute Gasteiger partial charge is 0.338 e. The van der Waals surface area contributed by atoms with E-state index < -0.39 is 0 Å². The van der Waals surface area contributed by atoms with E-state index in [9.17, 15) is 9.59 Å². The van der Waals surface area contributed by atoms with Crippen molar-refractivity contribution in [2.24, 2.45) is 23.7 Å². The van der Waals surface area contributed by atoms with Gasteiger partial charge >= 0.3 is 5.97 Å². The van der Waals surface area contributed by atoms with Crippen LogP contribution in [0.1, 0.15) is 56.0 Å². The third-order valence-electron chi connectivity index (χ3n) is 5.48. The molecule has 4 nitrogen and oxygen atoms in total. The van der Waals surface area contributed by atoms with Crippen LogP contribution in [-0.2, 0) is 16.0 Å². The van der Waals surface area contributed by atoms with Gasteiger partial charge in [0.25, 0.3) is 0 Å². The summed E-state index contributed by atoms with van der Waals surface area (Å²) in [6.45, 7) is 7.22. The van der Waals surface area contributed by atoms with Crippen molar-refractivity contribution in [3.05, 3.63) is 35.4 Å². The second-order valence-electron chi connectivity index (χ2n) is 7.62. The lowest BCUT2D eigenvalue weighted by Gasteiger charge is -2.36. The van der Waals surface area contributed by atoms with E-state index in [1.54, 1.807) is 6.07 Å². The van der Waals surface area contributed by atoms with Gasteiger partial charge < -0.3 is 10.1 Å². The molecule has 138 valence electrons. The lowest BCUT2D eigenvalue weighted by molar-refractivity contribution is -0.129. The van der Waals surface area contributed by atoms with Gasteiger partial charge in [-0.1, -0.05) is 45.4 Å². The number of benzene rings is 1. The third-order valence-corrected chi connectivity index (χ3v) is 5.48. The average molecular weight is 345 g/mol. The van der Waals surface area contributed by atoms with Crippen molar-refractivity contribution in [1.29, 1.82) is 0 Å². The van der Waals surface area contributed by atoms with E-state index in [1.807, 2.05) is 18.2 Å². The number of amides is 1. The lowest BCUT2D eigenvalue weighted by Crippen LogP contribution is -2.40. The molecule has 4 heteroatoms. The van der Waals surface area contributed by atoms with Gasteiger partial charge in [-0.25, -0.2) is 4.79 Å². The molecule has 0 radical (unpaired) electrons. The number of carbonyl (C=O) groups excluding carboxylic acids is 2. The summed E-state index contributed by atoms with van der Waals surface area (Å²) < 4.78 is 4.83. The Labute approximate surface area is 151 Å². The highest BCUT2D eigenvalue weighted by Gasteiger charge is 2.35. The van der Waals surface area contributed by atoms with Gasteiger partial charge in [-0.15, -0.1) is 0 Å². The van der Waals surface area contributed by atoms with Gasteiger partial charge in [-0.3, -0.25) is 4.79 Å². The van der Waals surface area contributed by atoms with Crippen molar-refractivity contribution in [3.8, 4) is 0 Å². The topological polar surface area (TPSA) is 55.4 Å². The van der Waals surface area contributed by atoms with Crippen molar-refractivity contribution >= 4 is 11.9 Å². The second kappa shape index (κ2) is 9.02. The average Bonchev–Trinajstić information content (AvgIpc) is 2.61. The molecule has 1 fully saturated rings. The molecule has 0 spiro atoms. The number of esters is 1. The molecule has 1 aliphatic carbocycles. The first-order valence-corrected chi connectivity index (χ1v) is 9.38. The zero-order valence-corrected chi connectivity index (χ0v) is 15.9. The van der Waals surface area contributed by atoms with Crippen LogP contribution in [0, 0.1) is 23.7 Å². The highest BCUT2D eigenvalue weighted by atomic mass is 16.5. The fraction of sp³-hybridized carbons (Fsp3) is 0.619. The Hall–Kier alpha value is -1.84. The van der Waals surface area contributed by atoms with Crippen LogP contribution < -0.4 is 5.32 Å². The Morgan fingerprint density at radius 1 is 1.24 bits per heavy atom. The summed E-state index contributed by atoms with van der Waals surface area (Å²) >= 11 is 0. The van der Waals surface area contributed by atoms with Crippen molar-refractivity contribution in [3.63, 3.8) is 0 Å². The zero-order chi connectivity index (χ0) is 18.4. The molecule has 1 unspecified atom stereocenters. The minimum absolute atomic E-state index is 0.111. The van der Waals surface area contributed by atoms with Crippen LogP contribution in [0.25, 0.3) is 0 Å². The van der Waals surface area contributed by atoms with Crippen LogP contribution >= 0.6 is 0 Å². The van der Waals surface area contributed by atoms with Crippen LogP contribution in [0.3, 0.4) is 0 Å². The summed E-state index contributed by atoms with van der Waals surface area (Å²) in [6, 6.07) is 7.41. The van der Waals surface area contributed by atoms with E-state index in [1.165, 1.54) is 13.5 Å². The first-order chi connectivity index (χ1) is 11.9. The molecule has 1 saturated carbocycles. The molecule has 1 aromatic carbocycles. The summed E-state index contributed by atoms with van der Waals surface area (Å²) in [7, 11) is 1.39. The molecule has 1 aliphatic rings. The number of hydrogen-bond acceptors (Lipinski definition) is 3. The maximum absolute atomic E-state index is 12.7. The normalized spacial score (nSPS) is 23.3. The number of hydrogen-bond donors (Lipinski definition) is 1. The van der Waals surface area contributed by atoms with Crippen LogP contribution in [0.15, 0.2) is 24.3 Å².